The third-order valence-corrected chi connectivity index (χ3v) is 3.24. The van der Waals surface area contributed by atoms with E-state index in [9.17, 15) is 9.59 Å². The van der Waals surface area contributed by atoms with Crippen LogP contribution in [0.4, 0.5) is 0 Å². The van der Waals surface area contributed by atoms with Gasteiger partial charge in [0.15, 0.2) is 0 Å². The third kappa shape index (κ3) is 3.53. The van der Waals surface area contributed by atoms with Crippen molar-refractivity contribution in [2.24, 2.45) is 0 Å². The number of nitrogens with one attached hydrogen (secondary N) is 1. The Bertz CT molecular complexity index is 688. The van der Waals surface area contributed by atoms with Crippen molar-refractivity contribution < 1.29 is 23.8 Å². The van der Waals surface area contributed by atoms with E-state index < -0.39 is 11.9 Å². The molecule has 23 heavy (non-hydrogen) atoms. The molecular weight excluding hydrogens is 298 g/mol. The van der Waals surface area contributed by atoms with Crippen molar-refractivity contribution in [1.29, 1.82) is 0 Å². The fraction of sp³-hybridized carbons (Fsp3) is 0.294. The summed E-state index contributed by atoms with van der Waals surface area (Å²) in [5.74, 6) is -0.453. The van der Waals surface area contributed by atoms with Gasteiger partial charge in [0.2, 0.25) is 0 Å². The summed E-state index contributed by atoms with van der Waals surface area (Å²) in [6.45, 7) is 3.85. The number of aromatic amines is 1. The van der Waals surface area contributed by atoms with Crippen molar-refractivity contribution in [2.45, 2.75) is 13.8 Å². The number of hydrogen-bond acceptors (Lipinski definition) is 5. The van der Waals surface area contributed by atoms with Crippen LogP contribution in [0.5, 0.6) is 5.75 Å². The normalized spacial score (nSPS) is 10.2. The fourth-order valence-corrected chi connectivity index (χ4v) is 2.20. The Hall–Kier alpha value is -2.76. The van der Waals surface area contributed by atoms with E-state index in [0.29, 0.717) is 11.3 Å². The van der Waals surface area contributed by atoms with Crippen LogP contribution in [-0.2, 0) is 9.47 Å². The molecule has 0 aliphatic rings. The zero-order valence-corrected chi connectivity index (χ0v) is 13.3. The quantitative estimate of drug-likeness (QED) is 0.829. The summed E-state index contributed by atoms with van der Waals surface area (Å²) in [5, 5.41) is 0. The molecule has 6 nitrogen and oxygen atoms in total. The van der Waals surface area contributed by atoms with E-state index in [1.165, 1.54) is 0 Å². The second-order valence-electron chi connectivity index (χ2n) is 4.62. The molecule has 0 aliphatic heterocycles. The number of carbonyl (C=O) groups is 2. The van der Waals surface area contributed by atoms with Gasteiger partial charge in [0, 0.05) is 11.8 Å². The van der Waals surface area contributed by atoms with Gasteiger partial charge >= 0.3 is 11.9 Å². The summed E-state index contributed by atoms with van der Waals surface area (Å²) >= 11 is 0. The van der Waals surface area contributed by atoms with Gasteiger partial charge in [-0.3, -0.25) is 0 Å². The lowest BCUT2D eigenvalue weighted by atomic mass is 10.0. The summed E-state index contributed by atoms with van der Waals surface area (Å²) < 4.78 is 15.2. The first-order valence-corrected chi connectivity index (χ1v) is 7.32. The molecule has 0 fully saturated rings. The molecule has 0 saturated carbocycles. The number of aromatic nitrogens is 1. The van der Waals surface area contributed by atoms with Crippen molar-refractivity contribution in [1.82, 2.24) is 4.98 Å². The fourth-order valence-electron chi connectivity index (χ4n) is 2.20. The van der Waals surface area contributed by atoms with Crippen LogP contribution in [0.2, 0.25) is 0 Å². The summed E-state index contributed by atoms with van der Waals surface area (Å²) in [7, 11) is 1.58. The van der Waals surface area contributed by atoms with Crippen LogP contribution in [0.15, 0.2) is 30.5 Å². The SMILES string of the molecule is CCOC(=O)c1[nH]cc(-c2ccc(OC)cc2)c1C(=O)OCC. The minimum Gasteiger partial charge on any atom is -0.497 e. The highest BCUT2D eigenvalue weighted by Crippen LogP contribution is 2.29. The standard InChI is InChI=1S/C17H19NO5/c1-4-22-16(19)14-13(10-18-15(14)17(20)23-5-2)11-6-8-12(21-3)9-7-11/h6-10,18H,4-5H2,1-3H3. The average molecular weight is 317 g/mol. The maximum atomic E-state index is 12.3. The lowest BCUT2D eigenvalue weighted by molar-refractivity contribution is 0.0476. The zero-order valence-electron chi connectivity index (χ0n) is 13.3. The molecule has 0 radical (unpaired) electrons. The molecule has 1 aromatic carbocycles. The maximum Gasteiger partial charge on any atom is 0.355 e. The molecule has 0 unspecified atom stereocenters. The van der Waals surface area contributed by atoms with Gasteiger partial charge < -0.3 is 19.2 Å². The van der Waals surface area contributed by atoms with E-state index in [4.69, 9.17) is 14.2 Å². The Labute approximate surface area is 134 Å². The second kappa shape index (κ2) is 7.49. The number of hydrogen-bond donors (Lipinski definition) is 1. The van der Waals surface area contributed by atoms with Crippen molar-refractivity contribution in [2.75, 3.05) is 20.3 Å². The molecule has 6 heteroatoms. The molecule has 1 N–H and O–H groups in total. The monoisotopic (exact) mass is 317 g/mol. The molecular formula is C17H19NO5. The lowest BCUT2D eigenvalue weighted by Crippen LogP contribution is -2.13. The summed E-state index contributed by atoms with van der Waals surface area (Å²) in [6.07, 6.45) is 1.60. The van der Waals surface area contributed by atoms with Crippen LogP contribution in [-0.4, -0.2) is 37.2 Å². The van der Waals surface area contributed by atoms with E-state index in [1.807, 2.05) is 0 Å². The van der Waals surface area contributed by atoms with Gasteiger partial charge in [0.1, 0.15) is 11.4 Å². The molecule has 0 saturated heterocycles. The molecule has 1 aromatic heterocycles. The van der Waals surface area contributed by atoms with Crippen LogP contribution in [0.25, 0.3) is 11.1 Å². The van der Waals surface area contributed by atoms with E-state index in [2.05, 4.69) is 4.98 Å². The van der Waals surface area contributed by atoms with Crippen molar-refractivity contribution in [3.8, 4) is 16.9 Å². The highest BCUT2D eigenvalue weighted by atomic mass is 16.5. The number of benzene rings is 1. The highest BCUT2D eigenvalue weighted by molar-refractivity contribution is 6.07. The Morgan fingerprint density at radius 2 is 1.61 bits per heavy atom. The molecule has 122 valence electrons. The third-order valence-electron chi connectivity index (χ3n) is 3.24. The zero-order chi connectivity index (χ0) is 16.8. The molecule has 0 amide bonds. The van der Waals surface area contributed by atoms with Crippen LogP contribution in [0.1, 0.15) is 34.7 Å². The van der Waals surface area contributed by atoms with E-state index in [-0.39, 0.29) is 24.5 Å². The predicted octanol–water partition coefficient (Wildman–Crippen LogP) is 3.04. The van der Waals surface area contributed by atoms with Crippen molar-refractivity contribution in [3.63, 3.8) is 0 Å². The second-order valence-corrected chi connectivity index (χ2v) is 4.62. The average Bonchev–Trinajstić information content (AvgIpc) is 3.00. The first kappa shape index (κ1) is 16.6. The smallest absolute Gasteiger partial charge is 0.355 e. The molecule has 1 heterocycles. The first-order chi connectivity index (χ1) is 11.1. The Morgan fingerprint density at radius 3 is 2.17 bits per heavy atom. The lowest BCUT2D eigenvalue weighted by Gasteiger charge is -2.07. The maximum absolute atomic E-state index is 12.3. The van der Waals surface area contributed by atoms with Crippen LogP contribution in [0.3, 0.4) is 0 Å². The molecule has 0 bridgehead atoms. The number of methoxy groups -OCH3 is 1. The molecule has 0 spiro atoms. The molecule has 2 aromatic rings. The van der Waals surface area contributed by atoms with E-state index in [1.54, 1.807) is 51.4 Å². The topological polar surface area (TPSA) is 77.6 Å². The Morgan fingerprint density at radius 1 is 1.00 bits per heavy atom. The number of rotatable bonds is 6. The minimum absolute atomic E-state index is 0.0936. The summed E-state index contributed by atoms with van der Waals surface area (Å²) in [4.78, 5) is 27.1. The highest BCUT2D eigenvalue weighted by Gasteiger charge is 2.26. The van der Waals surface area contributed by atoms with Crippen molar-refractivity contribution in [3.05, 3.63) is 41.7 Å². The van der Waals surface area contributed by atoms with Gasteiger partial charge in [0.05, 0.1) is 25.9 Å². The van der Waals surface area contributed by atoms with Crippen LogP contribution >= 0.6 is 0 Å². The summed E-state index contributed by atoms with van der Waals surface area (Å²) in [5.41, 5.74) is 1.61. The predicted molar refractivity (Wildman–Crippen MR) is 84.7 cm³/mol. The van der Waals surface area contributed by atoms with Crippen molar-refractivity contribution >= 4 is 11.9 Å². The van der Waals surface area contributed by atoms with Crippen LogP contribution in [0, 0.1) is 0 Å². The number of ether oxygens (including phenoxy) is 3. The molecule has 0 aliphatic carbocycles. The minimum atomic E-state index is -0.588. The van der Waals surface area contributed by atoms with Gasteiger partial charge in [-0.1, -0.05) is 12.1 Å². The number of esters is 2. The van der Waals surface area contributed by atoms with Crippen LogP contribution < -0.4 is 4.74 Å². The van der Waals surface area contributed by atoms with Gasteiger partial charge in [-0.05, 0) is 31.5 Å². The van der Waals surface area contributed by atoms with E-state index in [0.717, 1.165) is 5.56 Å². The van der Waals surface area contributed by atoms with Gasteiger partial charge in [-0.25, -0.2) is 9.59 Å². The van der Waals surface area contributed by atoms with Gasteiger partial charge in [-0.2, -0.15) is 0 Å². The Kier molecular flexibility index (Phi) is 5.41. The number of H-pyrrole nitrogens is 1. The Balaban J connectivity index is 2.49. The largest absolute Gasteiger partial charge is 0.497 e. The number of carbonyl (C=O) groups excluding carboxylic acids is 2. The molecule has 0 atom stereocenters. The van der Waals surface area contributed by atoms with Gasteiger partial charge in [-0.15, -0.1) is 0 Å². The van der Waals surface area contributed by atoms with Gasteiger partial charge in [0.25, 0.3) is 0 Å². The van der Waals surface area contributed by atoms with E-state index >= 15 is 0 Å². The first-order valence-electron chi connectivity index (χ1n) is 7.32. The summed E-state index contributed by atoms with van der Waals surface area (Å²) in [6, 6.07) is 7.17. The molecule has 2 rings (SSSR count).